The number of carbonyl (C=O) groups is 1. The molecule has 0 saturated heterocycles. The van der Waals surface area contributed by atoms with Crippen LogP contribution in [0.15, 0.2) is 79.1 Å². The van der Waals surface area contributed by atoms with Gasteiger partial charge >= 0.3 is 5.97 Å². The van der Waals surface area contributed by atoms with Crippen LogP contribution in [-0.4, -0.2) is 44.1 Å². The Balaban J connectivity index is 1.88. The number of para-hydroxylation sites is 1. The van der Waals surface area contributed by atoms with Crippen LogP contribution in [0, 0.1) is 0 Å². The summed E-state index contributed by atoms with van der Waals surface area (Å²) in [7, 11) is 1.53. The highest BCUT2D eigenvalue weighted by molar-refractivity contribution is 9.11. The van der Waals surface area contributed by atoms with Gasteiger partial charge in [0.15, 0.2) is 4.80 Å². The Labute approximate surface area is 258 Å². The molecule has 1 aliphatic rings. The number of halogens is 2. The molecule has 0 N–H and O–H groups in total. The third-order valence-electron chi connectivity index (χ3n) is 6.10. The number of rotatable bonds is 12. The fraction of sp³-hybridized carbons (Fsp3) is 0.300. The summed E-state index contributed by atoms with van der Waals surface area (Å²) in [6.07, 6.45) is 4.27. The van der Waals surface area contributed by atoms with Gasteiger partial charge in [-0.2, -0.15) is 0 Å². The van der Waals surface area contributed by atoms with Gasteiger partial charge in [-0.25, -0.2) is 9.79 Å². The first-order valence-electron chi connectivity index (χ1n) is 12.9. The zero-order chi connectivity index (χ0) is 29.5. The number of thiazole rings is 1. The third-order valence-corrected chi connectivity index (χ3v) is 8.26. The Bertz CT molecular complexity index is 1640. The number of carbonyl (C=O) groups excluding carboxylic acids is 1. The van der Waals surface area contributed by atoms with E-state index < -0.39 is 12.0 Å². The van der Waals surface area contributed by atoms with E-state index in [9.17, 15) is 9.59 Å². The van der Waals surface area contributed by atoms with E-state index >= 15 is 0 Å². The zero-order valence-corrected chi connectivity index (χ0v) is 26.9. The molecule has 1 aromatic heterocycles. The lowest BCUT2D eigenvalue weighted by Crippen LogP contribution is -2.40. The van der Waals surface area contributed by atoms with Gasteiger partial charge in [0.1, 0.15) is 30.8 Å². The highest BCUT2D eigenvalue weighted by atomic mass is 79.9. The molecule has 0 spiro atoms. The molecular weight excluding hydrogens is 676 g/mol. The van der Waals surface area contributed by atoms with Gasteiger partial charge in [0.2, 0.25) is 0 Å². The Hall–Kier alpha value is -2.99. The fourth-order valence-electron chi connectivity index (χ4n) is 4.32. The van der Waals surface area contributed by atoms with Crippen molar-refractivity contribution in [3.05, 3.63) is 100 Å². The minimum absolute atomic E-state index is 0.0769. The van der Waals surface area contributed by atoms with Crippen molar-refractivity contribution >= 4 is 55.2 Å². The summed E-state index contributed by atoms with van der Waals surface area (Å²) in [6, 6.07) is 10.4. The van der Waals surface area contributed by atoms with Gasteiger partial charge in [-0.1, -0.05) is 49.1 Å². The van der Waals surface area contributed by atoms with Gasteiger partial charge in [-0.05, 0) is 75.0 Å². The molecule has 0 bridgehead atoms. The Morgan fingerprint density at radius 3 is 2.56 bits per heavy atom. The van der Waals surface area contributed by atoms with E-state index in [0.717, 1.165) is 20.9 Å². The molecule has 2 aromatic carbocycles. The largest absolute Gasteiger partial charge is 0.493 e. The summed E-state index contributed by atoms with van der Waals surface area (Å²) in [5.41, 5.74) is 1.93. The summed E-state index contributed by atoms with van der Waals surface area (Å²) < 4.78 is 25.8. The molecule has 1 atom stereocenters. The molecule has 216 valence electrons. The maximum atomic E-state index is 14.0. The molecule has 1 aliphatic heterocycles. The molecular formula is C30H30Br2N2O6S. The molecule has 2 heterocycles. The number of hydrogen-bond acceptors (Lipinski definition) is 8. The number of methoxy groups -OCH3 is 1. The second-order valence-electron chi connectivity index (χ2n) is 9.01. The van der Waals surface area contributed by atoms with Crippen LogP contribution in [0.5, 0.6) is 11.5 Å². The zero-order valence-electron chi connectivity index (χ0n) is 22.9. The van der Waals surface area contributed by atoms with Crippen LogP contribution in [0.25, 0.3) is 6.08 Å². The van der Waals surface area contributed by atoms with Gasteiger partial charge in [-0.15, -0.1) is 0 Å². The van der Waals surface area contributed by atoms with Crippen molar-refractivity contribution in [2.45, 2.75) is 26.3 Å². The fourth-order valence-corrected chi connectivity index (χ4v) is 6.81. The van der Waals surface area contributed by atoms with Crippen molar-refractivity contribution < 1.29 is 23.7 Å². The molecule has 0 unspecified atom stereocenters. The summed E-state index contributed by atoms with van der Waals surface area (Å²) in [6.45, 7) is 8.63. The number of esters is 1. The van der Waals surface area contributed by atoms with Gasteiger partial charge in [0, 0.05) is 12.7 Å². The number of hydrogen-bond donors (Lipinski definition) is 0. The number of aromatic nitrogens is 1. The van der Waals surface area contributed by atoms with Crippen molar-refractivity contribution in [1.29, 1.82) is 0 Å². The van der Waals surface area contributed by atoms with Gasteiger partial charge in [-0.3, -0.25) is 9.36 Å². The molecule has 0 aliphatic carbocycles. The van der Waals surface area contributed by atoms with E-state index in [1.807, 2.05) is 43.3 Å². The average molecular weight is 706 g/mol. The highest BCUT2D eigenvalue weighted by Crippen LogP contribution is 2.37. The number of nitrogens with zero attached hydrogens (tertiary/aromatic N) is 2. The molecule has 8 nitrogen and oxygen atoms in total. The second-order valence-corrected chi connectivity index (χ2v) is 11.7. The highest BCUT2D eigenvalue weighted by Gasteiger charge is 2.35. The van der Waals surface area contributed by atoms with Crippen LogP contribution in [0.4, 0.5) is 0 Å². The van der Waals surface area contributed by atoms with Crippen molar-refractivity contribution in [2.24, 2.45) is 4.99 Å². The number of fused-ring (bicyclic) bond motifs is 1. The van der Waals surface area contributed by atoms with Crippen molar-refractivity contribution in [3.8, 4) is 11.5 Å². The average Bonchev–Trinajstić information content (AvgIpc) is 3.24. The number of benzene rings is 2. The summed E-state index contributed by atoms with van der Waals surface area (Å²) in [4.78, 5) is 32.6. The van der Waals surface area contributed by atoms with Gasteiger partial charge in [0.25, 0.3) is 5.56 Å². The Kier molecular flexibility index (Phi) is 10.8. The van der Waals surface area contributed by atoms with Crippen LogP contribution in [0.3, 0.4) is 0 Å². The number of allylic oxidation sites excluding steroid dienone is 1. The maximum absolute atomic E-state index is 14.0. The van der Waals surface area contributed by atoms with E-state index in [0.29, 0.717) is 45.3 Å². The normalized spacial score (nSPS) is 14.9. The van der Waals surface area contributed by atoms with E-state index in [-0.39, 0.29) is 24.3 Å². The van der Waals surface area contributed by atoms with E-state index in [1.165, 1.54) is 18.4 Å². The topological polar surface area (TPSA) is 88.4 Å². The summed E-state index contributed by atoms with van der Waals surface area (Å²) >= 11 is 8.36. The second kappa shape index (κ2) is 14.3. The van der Waals surface area contributed by atoms with Gasteiger partial charge < -0.3 is 18.9 Å². The SMILES string of the molecule is C=CCOc1c(Br)cc(/C=c2/sc3n(c2=O)[C@H](c2ccccc2OCCC)C(C(=O)OCCOC)=C(C)N=3)cc1Br. The summed E-state index contributed by atoms with van der Waals surface area (Å²) in [5, 5.41) is 0. The lowest BCUT2D eigenvalue weighted by Gasteiger charge is -2.26. The van der Waals surface area contributed by atoms with Crippen LogP contribution in [0.1, 0.15) is 37.4 Å². The first kappa shape index (κ1) is 31.0. The van der Waals surface area contributed by atoms with Crippen LogP contribution in [-0.2, 0) is 14.3 Å². The van der Waals surface area contributed by atoms with E-state index in [4.69, 9.17) is 18.9 Å². The standard InChI is InChI=1S/C30H30Br2N2O6S/c1-5-11-38-23-10-8-7-9-20(23)26-25(29(36)40-14-13-37-4)18(3)33-30-34(26)28(35)24(41-30)17-19-15-21(31)27(22(32)16-19)39-12-6-2/h6-10,15-17,26H,2,5,11-14H2,1,3-4H3/b24-17+/t26-/m1/s1. The maximum Gasteiger partial charge on any atom is 0.338 e. The minimum Gasteiger partial charge on any atom is -0.493 e. The van der Waals surface area contributed by atoms with Gasteiger partial charge in [0.05, 0.1) is 38.0 Å². The quantitative estimate of drug-likeness (QED) is 0.144. The molecule has 0 fully saturated rings. The molecule has 0 radical (unpaired) electrons. The molecule has 11 heteroatoms. The molecule has 3 aromatic rings. The molecule has 41 heavy (non-hydrogen) atoms. The molecule has 0 amide bonds. The lowest BCUT2D eigenvalue weighted by atomic mass is 9.95. The van der Waals surface area contributed by atoms with E-state index in [1.54, 1.807) is 23.6 Å². The first-order valence-corrected chi connectivity index (χ1v) is 15.3. The number of ether oxygens (including phenoxy) is 4. The third kappa shape index (κ3) is 6.91. The Morgan fingerprint density at radius 1 is 1.15 bits per heavy atom. The van der Waals surface area contributed by atoms with Crippen molar-refractivity contribution in [2.75, 3.05) is 33.5 Å². The Morgan fingerprint density at radius 2 is 1.88 bits per heavy atom. The molecule has 0 saturated carbocycles. The van der Waals surface area contributed by atoms with Crippen molar-refractivity contribution in [1.82, 2.24) is 4.57 Å². The van der Waals surface area contributed by atoms with E-state index in [2.05, 4.69) is 43.4 Å². The lowest BCUT2D eigenvalue weighted by molar-refractivity contribution is -0.140. The predicted molar refractivity (Wildman–Crippen MR) is 166 cm³/mol. The smallest absolute Gasteiger partial charge is 0.338 e. The van der Waals surface area contributed by atoms with Crippen LogP contribution in [0.2, 0.25) is 0 Å². The predicted octanol–water partition coefficient (Wildman–Crippen LogP) is 5.30. The monoisotopic (exact) mass is 704 g/mol. The van der Waals surface area contributed by atoms with Crippen LogP contribution >= 0.6 is 43.2 Å². The first-order chi connectivity index (χ1) is 19.8. The van der Waals surface area contributed by atoms with Crippen molar-refractivity contribution in [3.63, 3.8) is 0 Å². The molecule has 4 rings (SSSR count). The van der Waals surface area contributed by atoms with Crippen LogP contribution < -0.4 is 24.4 Å². The summed E-state index contributed by atoms with van der Waals surface area (Å²) in [5.74, 6) is 0.670. The minimum atomic E-state index is -0.787.